The van der Waals surface area contributed by atoms with Crippen molar-refractivity contribution in [2.24, 2.45) is 0 Å². The number of hydrogen-bond donors (Lipinski definition) is 0. The van der Waals surface area contributed by atoms with Crippen LogP contribution in [0.4, 0.5) is 0 Å². The summed E-state index contributed by atoms with van der Waals surface area (Å²) in [6, 6.07) is 0. The molecule has 0 saturated carbocycles. The van der Waals surface area contributed by atoms with Crippen molar-refractivity contribution in [1.82, 2.24) is 0 Å². The molecule has 42 valence electrons. The average Bonchev–Trinajstić information content (AvgIpc) is 1.36. The van der Waals surface area contributed by atoms with E-state index in [-0.39, 0.29) is 149 Å². The van der Waals surface area contributed by atoms with Crippen LogP contribution in [0.1, 0.15) is 0 Å². The Morgan fingerprint density at radius 1 is 1.00 bits per heavy atom. The molecule has 0 amide bonds. The third kappa shape index (κ3) is 31.7. The zero-order valence-corrected chi connectivity index (χ0v) is 16.2. The Kier molecular flexibility index (Phi) is 77.7. The summed E-state index contributed by atoms with van der Waals surface area (Å²) in [6.07, 6.45) is 0. The Labute approximate surface area is 176 Å². The quantitative estimate of drug-likeness (QED) is 0.324. The van der Waals surface area contributed by atoms with E-state index < -0.39 is 11.9 Å². The average molecular weight is 283 g/mol. The Morgan fingerprint density at radius 3 is 1.09 bits per heavy atom. The molecule has 0 aromatic rings. The van der Waals surface area contributed by atoms with Crippen LogP contribution in [0.5, 0.6) is 0 Å². The molecule has 9 heteroatoms. The van der Waals surface area contributed by atoms with Gasteiger partial charge in [-0.25, -0.2) is 0 Å². The topological polar surface area (TPSA) is 112 Å². The van der Waals surface area contributed by atoms with Gasteiger partial charge in [0.25, 0.3) is 0 Å². The molecule has 11 heavy (non-hydrogen) atoms. The normalized spacial score (nSPS) is 4.00. The molecule has 0 unspecified atom stereocenters. The molecular weight excluding hydrogens is 281 g/mol. The van der Waals surface area contributed by atoms with Crippen LogP contribution in [0.3, 0.4) is 0 Å². The van der Waals surface area contributed by atoms with Gasteiger partial charge in [-0.2, -0.15) is 0 Å². The van der Waals surface area contributed by atoms with Crippen LogP contribution in [0, 0.1) is 0 Å². The van der Waals surface area contributed by atoms with Gasteiger partial charge in [0.1, 0.15) is 0 Å². The number of carbonyl (C=O) groups excluding carboxylic acids is 2. The molecule has 0 aliphatic heterocycles. The first kappa shape index (κ1) is 36.5. The van der Waals surface area contributed by atoms with Crippen LogP contribution >= 0.6 is 0 Å². The summed E-state index contributed by atoms with van der Waals surface area (Å²) in [7, 11) is 0. The fourth-order valence-corrected chi connectivity index (χ4v) is 0. The smallest absolute Gasteiger partial charge is 0.543 e. The van der Waals surface area contributed by atoms with E-state index in [0.29, 0.717) is 0 Å². The third-order valence-electron chi connectivity index (χ3n) is 0.167. The number of carbonyl (C=O) groups is 2. The van der Waals surface area contributed by atoms with E-state index in [4.69, 9.17) is 19.8 Å². The van der Waals surface area contributed by atoms with Gasteiger partial charge >= 0.3 is 144 Å². The van der Waals surface area contributed by atoms with Gasteiger partial charge < -0.3 is 25.3 Å². The standard InChI is InChI=1S/C2H2O4.Al.K.Na.H2O.Sr/c3-1(4)2(5)6;;;;;/h(H,3,4)(H,5,6);;;;1H2;/q;+3;2*+1;;+2/p-2. The Balaban J connectivity index is -0.0000000125. The third-order valence-corrected chi connectivity index (χ3v) is 0.167. The van der Waals surface area contributed by atoms with Crippen molar-refractivity contribution in [2.75, 3.05) is 0 Å². The number of aliphatic carboxylic acids is 2. The van der Waals surface area contributed by atoms with Crippen molar-refractivity contribution in [3.63, 3.8) is 0 Å². The Bertz CT molecular complexity index is 90.5. The van der Waals surface area contributed by atoms with E-state index in [1.165, 1.54) is 0 Å². The van der Waals surface area contributed by atoms with Crippen LogP contribution in [-0.4, -0.2) is 80.3 Å². The van der Waals surface area contributed by atoms with E-state index in [2.05, 4.69) is 0 Å². The molecule has 0 radical (unpaired) electrons. The summed E-state index contributed by atoms with van der Waals surface area (Å²) in [5, 5.41) is 17.9. The zero-order chi connectivity index (χ0) is 5.15. The summed E-state index contributed by atoms with van der Waals surface area (Å²) in [5.74, 6) is -4.37. The molecular formula is C2H2AlKNaO5Sr+5. The number of hydrogen-bond acceptors (Lipinski definition) is 4. The molecule has 0 saturated heterocycles. The van der Waals surface area contributed by atoms with E-state index in [0.717, 1.165) is 0 Å². The first-order chi connectivity index (χ1) is 2.64. The second-order valence-corrected chi connectivity index (χ2v) is 0.575. The molecule has 0 heterocycles. The van der Waals surface area contributed by atoms with E-state index in [1.54, 1.807) is 0 Å². The molecule has 0 rings (SSSR count). The van der Waals surface area contributed by atoms with Crippen LogP contribution in [0.25, 0.3) is 0 Å². The molecule has 0 bridgehead atoms. The predicted octanol–water partition coefficient (Wildman–Crippen LogP) is -11.1. The molecule has 5 nitrogen and oxygen atoms in total. The van der Waals surface area contributed by atoms with Gasteiger partial charge in [0, 0.05) is 0 Å². The molecule has 0 aliphatic carbocycles. The number of carboxylic acid groups (broad SMARTS) is 2. The van der Waals surface area contributed by atoms with E-state index >= 15 is 0 Å². The van der Waals surface area contributed by atoms with Gasteiger partial charge in [0.05, 0.1) is 11.9 Å². The second kappa shape index (κ2) is 23.4. The summed E-state index contributed by atoms with van der Waals surface area (Å²) in [5.41, 5.74) is 0. The van der Waals surface area contributed by atoms with Gasteiger partial charge in [0.15, 0.2) is 0 Å². The second-order valence-electron chi connectivity index (χ2n) is 0.575. The van der Waals surface area contributed by atoms with Crippen molar-refractivity contribution < 1.29 is 106 Å². The van der Waals surface area contributed by atoms with Crippen molar-refractivity contribution in [3.05, 3.63) is 0 Å². The summed E-state index contributed by atoms with van der Waals surface area (Å²) in [6.45, 7) is 0. The van der Waals surface area contributed by atoms with Crippen LogP contribution in [0.15, 0.2) is 0 Å². The molecule has 0 aromatic carbocycles. The largest absolute Gasteiger partial charge is 3.00 e. The van der Waals surface area contributed by atoms with Gasteiger partial charge in [0.2, 0.25) is 0 Å². The van der Waals surface area contributed by atoms with Gasteiger partial charge in [-0.15, -0.1) is 0 Å². The van der Waals surface area contributed by atoms with Crippen LogP contribution < -0.4 is 91.2 Å². The Hall–Kier alpha value is 3.55. The van der Waals surface area contributed by atoms with E-state index in [1.807, 2.05) is 0 Å². The summed E-state index contributed by atoms with van der Waals surface area (Å²) < 4.78 is 0. The summed E-state index contributed by atoms with van der Waals surface area (Å²) >= 11 is 0. The van der Waals surface area contributed by atoms with Crippen molar-refractivity contribution >= 4 is 74.8 Å². The minimum Gasteiger partial charge on any atom is -0.543 e. The van der Waals surface area contributed by atoms with Gasteiger partial charge in [-0.1, -0.05) is 0 Å². The van der Waals surface area contributed by atoms with Gasteiger partial charge in [-0.3, -0.25) is 0 Å². The predicted molar refractivity (Wildman–Crippen MR) is 25.1 cm³/mol. The van der Waals surface area contributed by atoms with Crippen molar-refractivity contribution in [2.45, 2.75) is 0 Å². The number of carboxylic acids is 2. The first-order valence-corrected chi connectivity index (χ1v) is 1.07. The molecule has 0 spiro atoms. The maximum absolute atomic E-state index is 8.93. The fourth-order valence-electron chi connectivity index (χ4n) is 0. The minimum atomic E-state index is -2.19. The monoisotopic (exact) mass is 283 g/mol. The van der Waals surface area contributed by atoms with Crippen LogP contribution in [0.2, 0.25) is 0 Å². The maximum Gasteiger partial charge on any atom is 3.00 e. The molecule has 0 atom stereocenters. The fraction of sp³-hybridized carbons (Fsp3) is 0. The molecule has 2 N–H and O–H groups in total. The molecule has 0 fully saturated rings. The molecule has 0 aromatic heterocycles. The molecule has 0 aliphatic rings. The first-order valence-electron chi connectivity index (χ1n) is 1.07. The summed E-state index contributed by atoms with van der Waals surface area (Å²) in [4.78, 5) is 17.9. The SMILES string of the molecule is O.O=C([O-])C(=O)[O-].[Al+3].[K+].[Na+].[Sr+2]. The van der Waals surface area contributed by atoms with E-state index in [9.17, 15) is 0 Å². The minimum absolute atomic E-state index is 0. The van der Waals surface area contributed by atoms with Crippen molar-refractivity contribution in [3.8, 4) is 0 Å². The van der Waals surface area contributed by atoms with Crippen molar-refractivity contribution in [1.29, 1.82) is 0 Å². The van der Waals surface area contributed by atoms with Crippen LogP contribution in [-0.2, 0) is 9.59 Å². The van der Waals surface area contributed by atoms with Gasteiger partial charge in [-0.05, 0) is 0 Å². The zero-order valence-electron chi connectivity index (χ0n) is 6.42. The maximum atomic E-state index is 8.93. The Morgan fingerprint density at radius 2 is 1.09 bits per heavy atom. The number of rotatable bonds is 0.